The van der Waals surface area contributed by atoms with Crippen LogP contribution in [-0.2, 0) is 9.53 Å². The smallest absolute Gasteiger partial charge is 0.407 e. The predicted molar refractivity (Wildman–Crippen MR) is 105 cm³/mol. The van der Waals surface area contributed by atoms with Gasteiger partial charge in [-0.15, -0.1) is 0 Å². The summed E-state index contributed by atoms with van der Waals surface area (Å²) in [5, 5.41) is 11.7. The first-order valence-corrected chi connectivity index (χ1v) is 9.22. The van der Waals surface area contributed by atoms with Gasteiger partial charge in [-0.2, -0.15) is 0 Å². The molecular formula is C22H19N3O4. The molecule has 0 spiro atoms. The second-order valence-electron chi connectivity index (χ2n) is 6.75. The van der Waals surface area contributed by atoms with Gasteiger partial charge < -0.3 is 15.2 Å². The molecule has 1 amide bonds. The van der Waals surface area contributed by atoms with E-state index in [0.717, 1.165) is 22.3 Å². The number of benzene rings is 2. The lowest BCUT2D eigenvalue weighted by Gasteiger charge is -2.18. The van der Waals surface area contributed by atoms with Crippen LogP contribution in [0.15, 0.2) is 67.1 Å². The number of rotatable bonds is 6. The Balaban J connectivity index is 1.47. The zero-order valence-corrected chi connectivity index (χ0v) is 15.5. The van der Waals surface area contributed by atoms with Gasteiger partial charge in [0.1, 0.15) is 6.61 Å². The molecule has 1 aliphatic carbocycles. The lowest BCUT2D eigenvalue weighted by molar-refractivity contribution is -0.137. The number of amides is 1. The topological polar surface area (TPSA) is 101 Å². The summed E-state index contributed by atoms with van der Waals surface area (Å²) in [6.07, 6.45) is 3.35. The van der Waals surface area contributed by atoms with Crippen molar-refractivity contribution < 1.29 is 19.4 Å². The maximum atomic E-state index is 12.4. The van der Waals surface area contributed by atoms with E-state index in [1.807, 2.05) is 36.4 Å². The van der Waals surface area contributed by atoms with Gasteiger partial charge >= 0.3 is 12.1 Å². The number of alkyl carbamates (subject to hydrolysis) is 1. The summed E-state index contributed by atoms with van der Waals surface area (Å²) in [6.45, 7) is 0.153. The molecular weight excluding hydrogens is 370 g/mol. The molecule has 0 saturated carbocycles. The summed E-state index contributed by atoms with van der Waals surface area (Å²) in [4.78, 5) is 31.6. The summed E-state index contributed by atoms with van der Waals surface area (Å²) in [5.74, 6) is -1.12. The summed E-state index contributed by atoms with van der Waals surface area (Å²) in [7, 11) is 0. The number of hydrogen-bond donors (Lipinski definition) is 2. The fourth-order valence-electron chi connectivity index (χ4n) is 3.68. The van der Waals surface area contributed by atoms with E-state index in [2.05, 4.69) is 27.4 Å². The van der Waals surface area contributed by atoms with Crippen LogP contribution in [-0.4, -0.2) is 33.7 Å². The fraction of sp³-hybridized carbons (Fsp3) is 0.182. The highest BCUT2D eigenvalue weighted by Gasteiger charge is 2.29. The number of carbonyl (C=O) groups is 2. The third-order valence-corrected chi connectivity index (χ3v) is 4.95. The van der Waals surface area contributed by atoms with E-state index in [9.17, 15) is 9.59 Å². The van der Waals surface area contributed by atoms with Gasteiger partial charge in [0.25, 0.3) is 0 Å². The Kier molecular flexibility index (Phi) is 5.20. The van der Waals surface area contributed by atoms with E-state index >= 15 is 0 Å². The van der Waals surface area contributed by atoms with Gasteiger partial charge in [0.05, 0.1) is 24.4 Å². The van der Waals surface area contributed by atoms with Gasteiger partial charge in [0, 0.05) is 18.3 Å². The van der Waals surface area contributed by atoms with Crippen molar-refractivity contribution in [3.05, 3.63) is 83.9 Å². The molecule has 1 aliphatic rings. The van der Waals surface area contributed by atoms with Crippen molar-refractivity contribution in [2.45, 2.75) is 18.4 Å². The summed E-state index contributed by atoms with van der Waals surface area (Å²) >= 11 is 0. The zero-order chi connectivity index (χ0) is 20.2. The monoisotopic (exact) mass is 389 g/mol. The lowest BCUT2D eigenvalue weighted by Crippen LogP contribution is -2.32. The van der Waals surface area contributed by atoms with Crippen LogP contribution in [0.5, 0.6) is 0 Å². The van der Waals surface area contributed by atoms with Gasteiger partial charge in [-0.05, 0) is 22.3 Å². The Bertz CT molecular complexity index is 993. The molecule has 7 nitrogen and oxygen atoms in total. The highest BCUT2D eigenvalue weighted by Crippen LogP contribution is 2.44. The zero-order valence-electron chi connectivity index (χ0n) is 15.5. The second-order valence-corrected chi connectivity index (χ2v) is 6.75. The summed E-state index contributed by atoms with van der Waals surface area (Å²) in [5.41, 5.74) is 4.86. The van der Waals surface area contributed by atoms with Gasteiger partial charge in [-0.3, -0.25) is 14.8 Å². The molecule has 1 aromatic heterocycles. The number of aliphatic carboxylic acids is 1. The largest absolute Gasteiger partial charge is 0.481 e. The van der Waals surface area contributed by atoms with E-state index in [1.165, 1.54) is 18.6 Å². The molecule has 146 valence electrons. The molecule has 0 aliphatic heterocycles. The number of carbonyl (C=O) groups excluding carboxylic acids is 1. The Morgan fingerprint density at radius 3 is 2.28 bits per heavy atom. The van der Waals surface area contributed by atoms with E-state index in [0.29, 0.717) is 5.69 Å². The molecule has 0 saturated heterocycles. The standard InChI is InChI=1S/C22H19N3O4/c26-21(27)11-19(20-12-23-9-10-24-20)25-22(28)29-13-18-16-7-3-1-5-14(16)15-6-2-4-8-17(15)18/h1-10,12,18-19H,11,13H2,(H,25,28)(H,26,27)/t19-/m0/s1. The van der Waals surface area contributed by atoms with Crippen molar-refractivity contribution in [1.82, 2.24) is 15.3 Å². The van der Waals surface area contributed by atoms with Crippen molar-refractivity contribution in [2.75, 3.05) is 6.61 Å². The van der Waals surface area contributed by atoms with Crippen molar-refractivity contribution in [1.29, 1.82) is 0 Å². The number of carboxylic acids is 1. The Labute approximate surface area is 167 Å². The van der Waals surface area contributed by atoms with E-state index in [-0.39, 0.29) is 18.9 Å². The molecule has 3 aromatic rings. The molecule has 2 aromatic carbocycles. The molecule has 4 rings (SSSR count). The maximum Gasteiger partial charge on any atom is 0.407 e. The maximum absolute atomic E-state index is 12.4. The van der Waals surface area contributed by atoms with Gasteiger partial charge in [-0.1, -0.05) is 48.5 Å². The Morgan fingerprint density at radius 1 is 1.03 bits per heavy atom. The summed E-state index contributed by atoms with van der Waals surface area (Å²) < 4.78 is 5.48. The molecule has 1 atom stereocenters. The van der Waals surface area contributed by atoms with Crippen LogP contribution in [0.3, 0.4) is 0 Å². The second kappa shape index (κ2) is 8.10. The molecule has 0 fully saturated rings. The van der Waals surface area contributed by atoms with Crippen molar-refractivity contribution in [3.63, 3.8) is 0 Å². The van der Waals surface area contributed by atoms with Crippen molar-refractivity contribution in [3.8, 4) is 11.1 Å². The number of hydrogen-bond acceptors (Lipinski definition) is 5. The number of carboxylic acid groups (broad SMARTS) is 1. The van der Waals surface area contributed by atoms with Gasteiger partial charge in [0.2, 0.25) is 0 Å². The number of aromatic nitrogens is 2. The first-order valence-electron chi connectivity index (χ1n) is 9.22. The minimum atomic E-state index is -1.06. The third kappa shape index (κ3) is 3.94. The molecule has 0 unspecified atom stereocenters. The quantitative estimate of drug-likeness (QED) is 0.669. The highest BCUT2D eigenvalue weighted by molar-refractivity contribution is 5.79. The average Bonchev–Trinajstić information content (AvgIpc) is 3.06. The number of fused-ring (bicyclic) bond motifs is 3. The molecule has 2 N–H and O–H groups in total. The number of nitrogens with one attached hydrogen (secondary N) is 1. The summed E-state index contributed by atoms with van der Waals surface area (Å²) in [6, 6.07) is 15.3. The highest BCUT2D eigenvalue weighted by atomic mass is 16.5. The van der Waals surface area contributed by atoms with E-state index < -0.39 is 18.1 Å². The van der Waals surface area contributed by atoms with Crippen LogP contribution < -0.4 is 5.32 Å². The minimum absolute atomic E-state index is 0.0670. The number of nitrogens with zero attached hydrogens (tertiary/aromatic N) is 2. The van der Waals surface area contributed by atoms with Gasteiger partial charge in [-0.25, -0.2) is 4.79 Å². The predicted octanol–water partition coefficient (Wildman–Crippen LogP) is 3.53. The lowest BCUT2D eigenvalue weighted by atomic mass is 9.98. The van der Waals surface area contributed by atoms with Crippen molar-refractivity contribution in [2.24, 2.45) is 0 Å². The van der Waals surface area contributed by atoms with Crippen LogP contribution in [0.4, 0.5) is 4.79 Å². The minimum Gasteiger partial charge on any atom is -0.481 e. The Morgan fingerprint density at radius 2 is 1.69 bits per heavy atom. The molecule has 7 heteroatoms. The van der Waals surface area contributed by atoms with Gasteiger partial charge in [0.15, 0.2) is 0 Å². The normalized spacial score (nSPS) is 13.2. The molecule has 1 heterocycles. The van der Waals surface area contributed by atoms with E-state index in [4.69, 9.17) is 9.84 Å². The first kappa shape index (κ1) is 18.6. The molecule has 0 radical (unpaired) electrons. The first-order chi connectivity index (χ1) is 14.1. The van der Waals surface area contributed by atoms with Crippen molar-refractivity contribution >= 4 is 12.1 Å². The SMILES string of the molecule is O=C(O)C[C@H](NC(=O)OCC1c2ccccc2-c2ccccc21)c1cnccn1. The molecule has 0 bridgehead atoms. The van der Waals surface area contributed by atoms with Crippen LogP contribution >= 0.6 is 0 Å². The van der Waals surface area contributed by atoms with Crippen LogP contribution in [0.1, 0.15) is 35.2 Å². The molecule has 29 heavy (non-hydrogen) atoms. The van der Waals surface area contributed by atoms with Crippen LogP contribution in [0.25, 0.3) is 11.1 Å². The van der Waals surface area contributed by atoms with E-state index in [1.54, 1.807) is 0 Å². The fourth-order valence-corrected chi connectivity index (χ4v) is 3.68. The van der Waals surface area contributed by atoms with Crippen LogP contribution in [0, 0.1) is 0 Å². The third-order valence-electron chi connectivity index (χ3n) is 4.95. The van der Waals surface area contributed by atoms with Crippen LogP contribution in [0.2, 0.25) is 0 Å². The average molecular weight is 389 g/mol. The number of ether oxygens (including phenoxy) is 1. The Hall–Kier alpha value is -3.74.